The van der Waals surface area contributed by atoms with E-state index in [1.165, 1.54) is 12.8 Å². The standard InChI is InChI=1S/C17H20N4O/c1-2-12-6-5-9-20(12)11-21-10-18-15-13-7-3-4-8-14(13)19-16(15)17(21)22/h3-4,7-8,10,12,19H,2,5-6,9,11H2,1H3/t12-/m1/s1. The van der Waals surface area contributed by atoms with Gasteiger partial charge in [-0.25, -0.2) is 4.98 Å². The first-order valence-electron chi connectivity index (χ1n) is 7.98. The molecule has 0 radical (unpaired) electrons. The molecule has 3 heterocycles. The minimum absolute atomic E-state index is 0.0166. The van der Waals surface area contributed by atoms with Gasteiger partial charge >= 0.3 is 0 Å². The maximum Gasteiger partial charge on any atom is 0.278 e. The van der Waals surface area contributed by atoms with Gasteiger partial charge in [-0.05, 0) is 25.3 Å². The van der Waals surface area contributed by atoms with Gasteiger partial charge in [0.2, 0.25) is 0 Å². The minimum atomic E-state index is 0.0166. The molecule has 1 N–H and O–H groups in total. The molecule has 1 aromatic carbocycles. The Morgan fingerprint density at radius 2 is 2.23 bits per heavy atom. The maximum absolute atomic E-state index is 12.7. The third-order valence-electron chi connectivity index (χ3n) is 4.78. The second-order valence-electron chi connectivity index (χ2n) is 6.07. The van der Waals surface area contributed by atoms with Crippen LogP contribution in [0.5, 0.6) is 0 Å². The van der Waals surface area contributed by atoms with Crippen LogP contribution in [0.3, 0.4) is 0 Å². The first-order valence-corrected chi connectivity index (χ1v) is 7.98. The Labute approximate surface area is 128 Å². The van der Waals surface area contributed by atoms with E-state index < -0.39 is 0 Å². The lowest BCUT2D eigenvalue weighted by Crippen LogP contribution is -2.35. The summed E-state index contributed by atoms with van der Waals surface area (Å²) in [4.78, 5) is 22.9. The Bertz CT molecular complexity index is 879. The van der Waals surface area contributed by atoms with E-state index in [4.69, 9.17) is 0 Å². The Morgan fingerprint density at radius 3 is 3.09 bits per heavy atom. The summed E-state index contributed by atoms with van der Waals surface area (Å²) in [7, 11) is 0. The number of hydrogen-bond donors (Lipinski definition) is 1. The number of para-hydroxylation sites is 1. The number of aromatic nitrogens is 3. The predicted molar refractivity (Wildman–Crippen MR) is 87.9 cm³/mol. The average Bonchev–Trinajstić information content (AvgIpc) is 3.14. The van der Waals surface area contributed by atoms with Crippen molar-refractivity contribution in [2.24, 2.45) is 0 Å². The molecular formula is C17H20N4O. The number of rotatable bonds is 3. The van der Waals surface area contributed by atoms with Crippen molar-refractivity contribution >= 4 is 21.9 Å². The third kappa shape index (κ3) is 2.04. The fourth-order valence-electron chi connectivity index (χ4n) is 3.58. The normalized spacial score (nSPS) is 19.4. The quantitative estimate of drug-likeness (QED) is 0.808. The highest BCUT2D eigenvalue weighted by Crippen LogP contribution is 2.22. The minimum Gasteiger partial charge on any atom is -0.349 e. The van der Waals surface area contributed by atoms with Crippen molar-refractivity contribution in [2.45, 2.75) is 38.9 Å². The van der Waals surface area contributed by atoms with Crippen molar-refractivity contribution in [1.29, 1.82) is 0 Å². The number of nitrogens with zero attached hydrogens (tertiary/aromatic N) is 3. The molecule has 1 aliphatic heterocycles. The van der Waals surface area contributed by atoms with Crippen molar-refractivity contribution in [3.05, 3.63) is 40.9 Å². The molecule has 22 heavy (non-hydrogen) atoms. The molecule has 1 saturated heterocycles. The van der Waals surface area contributed by atoms with Gasteiger partial charge in [-0.2, -0.15) is 0 Å². The highest BCUT2D eigenvalue weighted by molar-refractivity contribution is 6.04. The van der Waals surface area contributed by atoms with Gasteiger partial charge in [0.25, 0.3) is 5.56 Å². The van der Waals surface area contributed by atoms with Crippen LogP contribution in [0.1, 0.15) is 26.2 Å². The van der Waals surface area contributed by atoms with Crippen molar-refractivity contribution in [3.8, 4) is 0 Å². The summed E-state index contributed by atoms with van der Waals surface area (Å²) in [5.41, 5.74) is 2.36. The summed E-state index contributed by atoms with van der Waals surface area (Å²) in [6, 6.07) is 8.50. The van der Waals surface area contributed by atoms with Crippen LogP contribution in [0.25, 0.3) is 21.9 Å². The number of likely N-dealkylation sites (tertiary alicyclic amines) is 1. The fraction of sp³-hybridized carbons (Fsp3) is 0.412. The molecule has 0 bridgehead atoms. The zero-order chi connectivity index (χ0) is 15.1. The average molecular weight is 296 g/mol. The first-order chi connectivity index (χ1) is 10.8. The molecule has 114 valence electrons. The molecule has 0 amide bonds. The summed E-state index contributed by atoms with van der Waals surface area (Å²) in [6.07, 6.45) is 5.27. The largest absolute Gasteiger partial charge is 0.349 e. The molecule has 3 aromatic rings. The van der Waals surface area contributed by atoms with Gasteiger partial charge in [0.1, 0.15) is 11.0 Å². The zero-order valence-electron chi connectivity index (χ0n) is 12.7. The van der Waals surface area contributed by atoms with Crippen LogP contribution < -0.4 is 5.56 Å². The summed E-state index contributed by atoms with van der Waals surface area (Å²) in [6.45, 7) is 3.91. The van der Waals surface area contributed by atoms with Crippen LogP contribution in [-0.2, 0) is 6.67 Å². The van der Waals surface area contributed by atoms with E-state index in [1.807, 2.05) is 24.3 Å². The molecule has 0 spiro atoms. The van der Waals surface area contributed by atoms with Crippen LogP contribution in [0.4, 0.5) is 0 Å². The van der Waals surface area contributed by atoms with Crippen molar-refractivity contribution < 1.29 is 0 Å². The Balaban J connectivity index is 1.78. The van der Waals surface area contributed by atoms with E-state index in [-0.39, 0.29) is 5.56 Å². The van der Waals surface area contributed by atoms with Crippen LogP contribution >= 0.6 is 0 Å². The molecule has 1 aliphatic rings. The van der Waals surface area contributed by atoms with Crippen molar-refractivity contribution in [1.82, 2.24) is 19.4 Å². The van der Waals surface area contributed by atoms with Gasteiger partial charge in [-0.1, -0.05) is 25.1 Å². The molecule has 0 aliphatic carbocycles. The Kier molecular flexibility index (Phi) is 3.22. The lowest BCUT2D eigenvalue weighted by molar-refractivity contribution is 0.193. The predicted octanol–water partition coefficient (Wildman–Crippen LogP) is 2.71. The highest BCUT2D eigenvalue weighted by Gasteiger charge is 2.23. The van der Waals surface area contributed by atoms with Gasteiger partial charge in [0, 0.05) is 23.5 Å². The number of H-pyrrole nitrogens is 1. The molecule has 5 heteroatoms. The van der Waals surface area contributed by atoms with E-state index in [2.05, 4.69) is 21.8 Å². The van der Waals surface area contributed by atoms with Crippen LogP contribution in [0, 0.1) is 0 Å². The zero-order valence-corrected chi connectivity index (χ0v) is 12.7. The number of aromatic amines is 1. The second-order valence-corrected chi connectivity index (χ2v) is 6.07. The lowest BCUT2D eigenvalue weighted by atomic mass is 10.2. The van der Waals surface area contributed by atoms with Crippen molar-refractivity contribution in [2.75, 3.05) is 6.54 Å². The van der Waals surface area contributed by atoms with E-state index in [1.54, 1.807) is 10.9 Å². The number of fused-ring (bicyclic) bond motifs is 3. The van der Waals surface area contributed by atoms with Gasteiger partial charge in [0.05, 0.1) is 13.0 Å². The number of hydrogen-bond acceptors (Lipinski definition) is 3. The van der Waals surface area contributed by atoms with Gasteiger partial charge in [-0.3, -0.25) is 14.3 Å². The van der Waals surface area contributed by atoms with Crippen LogP contribution in [0.2, 0.25) is 0 Å². The van der Waals surface area contributed by atoms with Crippen LogP contribution in [0.15, 0.2) is 35.4 Å². The van der Waals surface area contributed by atoms with E-state index in [0.29, 0.717) is 18.2 Å². The van der Waals surface area contributed by atoms with Gasteiger partial charge < -0.3 is 4.98 Å². The lowest BCUT2D eigenvalue weighted by Gasteiger charge is -2.23. The fourth-order valence-corrected chi connectivity index (χ4v) is 3.58. The molecule has 0 saturated carbocycles. The summed E-state index contributed by atoms with van der Waals surface area (Å²) in [5.74, 6) is 0. The van der Waals surface area contributed by atoms with Gasteiger partial charge in [0.15, 0.2) is 0 Å². The highest BCUT2D eigenvalue weighted by atomic mass is 16.1. The summed E-state index contributed by atoms with van der Waals surface area (Å²) < 4.78 is 1.73. The van der Waals surface area contributed by atoms with Crippen LogP contribution in [-0.4, -0.2) is 32.0 Å². The Hall–Kier alpha value is -2.14. The third-order valence-corrected chi connectivity index (χ3v) is 4.78. The van der Waals surface area contributed by atoms with Gasteiger partial charge in [-0.15, -0.1) is 0 Å². The monoisotopic (exact) mass is 296 g/mol. The molecular weight excluding hydrogens is 276 g/mol. The molecule has 4 rings (SSSR count). The molecule has 0 unspecified atom stereocenters. The summed E-state index contributed by atoms with van der Waals surface area (Å²) in [5, 5.41) is 1.01. The van der Waals surface area contributed by atoms with E-state index in [0.717, 1.165) is 29.4 Å². The number of nitrogens with one attached hydrogen (secondary N) is 1. The smallest absolute Gasteiger partial charge is 0.278 e. The SMILES string of the molecule is CC[C@@H]1CCCN1Cn1cnc2c([nH]c3ccccc32)c1=O. The molecule has 2 aromatic heterocycles. The second kappa shape index (κ2) is 5.25. The summed E-state index contributed by atoms with van der Waals surface area (Å²) >= 11 is 0. The van der Waals surface area contributed by atoms with E-state index >= 15 is 0 Å². The molecule has 1 fully saturated rings. The Morgan fingerprint density at radius 1 is 1.36 bits per heavy atom. The van der Waals surface area contributed by atoms with Crippen molar-refractivity contribution in [3.63, 3.8) is 0 Å². The maximum atomic E-state index is 12.7. The number of benzene rings is 1. The first kappa shape index (κ1) is 13.5. The molecule has 5 nitrogen and oxygen atoms in total. The molecule has 1 atom stereocenters. The van der Waals surface area contributed by atoms with E-state index in [9.17, 15) is 4.79 Å². The topological polar surface area (TPSA) is 53.9 Å².